The van der Waals surface area contributed by atoms with Crippen molar-refractivity contribution in [3.8, 4) is 5.75 Å². The third-order valence-electron chi connectivity index (χ3n) is 5.88. The molecule has 1 aromatic heterocycles. The highest BCUT2D eigenvalue weighted by molar-refractivity contribution is 5.97. The van der Waals surface area contributed by atoms with Crippen molar-refractivity contribution in [2.24, 2.45) is 11.7 Å². The van der Waals surface area contributed by atoms with Crippen molar-refractivity contribution in [1.29, 1.82) is 0 Å². The van der Waals surface area contributed by atoms with Gasteiger partial charge in [0.05, 0.1) is 7.11 Å². The smallest absolute Gasteiger partial charge is 0.417 e. The third kappa shape index (κ3) is 4.27. The minimum Gasteiger partial charge on any atom is -0.493 e. The van der Waals surface area contributed by atoms with Crippen molar-refractivity contribution in [3.05, 3.63) is 53.1 Å². The molecule has 0 saturated carbocycles. The maximum atomic E-state index is 14.4. The van der Waals surface area contributed by atoms with E-state index in [-0.39, 0.29) is 11.3 Å². The van der Waals surface area contributed by atoms with E-state index < -0.39 is 70.6 Å². The highest BCUT2D eigenvalue weighted by Gasteiger charge is 2.65. The molecule has 1 aromatic carbocycles. The maximum absolute atomic E-state index is 14.4. The second kappa shape index (κ2) is 8.78. The summed E-state index contributed by atoms with van der Waals surface area (Å²) in [5.74, 6) is -9.85. The van der Waals surface area contributed by atoms with Gasteiger partial charge in [-0.2, -0.15) is 22.0 Å². The molecule has 0 radical (unpaired) electrons. The Bertz CT molecular complexity index is 1140. The van der Waals surface area contributed by atoms with E-state index in [1.54, 1.807) is 0 Å². The van der Waals surface area contributed by atoms with Crippen molar-refractivity contribution >= 4 is 17.5 Å². The summed E-state index contributed by atoms with van der Waals surface area (Å²) in [5.41, 5.74) is 1.07. The van der Waals surface area contributed by atoms with Crippen LogP contribution in [0.2, 0.25) is 0 Å². The second-order valence-electron chi connectivity index (χ2n) is 7.86. The predicted octanol–water partition coefficient (Wildman–Crippen LogP) is 3.68. The number of carbonyl (C=O) groups is 2. The molecule has 1 aliphatic heterocycles. The van der Waals surface area contributed by atoms with Crippen LogP contribution in [0.1, 0.15) is 35.8 Å². The Morgan fingerprint density at radius 1 is 1.21 bits per heavy atom. The van der Waals surface area contributed by atoms with E-state index in [1.165, 1.54) is 0 Å². The molecule has 3 N–H and O–H groups in total. The maximum Gasteiger partial charge on any atom is 0.417 e. The summed E-state index contributed by atoms with van der Waals surface area (Å²) in [5, 5.41) is 2.17. The standard InChI is InChI=1S/C21H19F6N3O4/c1-8-14(10-4-5-11(22)15(24)16(10)33-3)17(34-20(8,2)21(25,26)27)19(32)29-9-6-12(18(28)31)30-13(23)7-9/h4-8,14,17H,1-3H3,(H2,28,31)(H,29,30,32)/t8-,14-,17+,20+/m1/s1. The zero-order chi connectivity index (χ0) is 25.6. The Hall–Kier alpha value is -3.35. The molecule has 3 rings (SSSR count). The van der Waals surface area contributed by atoms with Crippen molar-refractivity contribution in [1.82, 2.24) is 4.98 Å². The Morgan fingerprint density at radius 2 is 1.85 bits per heavy atom. The van der Waals surface area contributed by atoms with Gasteiger partial charge < -0.3 is 20.5 Å². The molecule has 0 bridgehead atoms. The lowest BCUT2D eigenvalue weighted by Crippen LogP contribution is -2.47. The van der Waals surface area contributed by atoms with Crippen LogP contribution in [0.25, 0.3) is 0 Å². The van der Waals surface area contributed by atoms with Crippen LogP contribution >= 0.6 is 0 Å². The van der Waals surface area contributed by atoms with Gasteiger partial charge in [0.1, 0.15) is 11.8 Å². The van der Waals surface area contributed by atoms with Gasteiger partial charge in [-0.3, -0.25) is 9.59 Å². The molecule has 1 fully saturated rings. The number of aromatic nitrogens is 1. The van der Waals surface area contributed by atoms with Gasteiger partial charge in [0.2, 0.25) is 11.8 Å². The molecular weight excluding hydrogens is 472 g/mol. The van der Waals surface area contributed by atoms with Gasteiger partial charge in [0.15, 0.2) is 17.2 Å². The molecule has 2 aromatic rings. The number of rotatable bonds is 5. The van der Waals surface area contributed by atoms with E-state index in [2.05, 4.69) is 10.3 Å². The van der Waals surface area contributed by atoms with E-state index in [1.807, 2.05) is 0 Å². The predicted molar refractivity (Wildman–Crippen MR) is 105 cm³/mol. The normalized spacial score (nSPS) is 24.7. The molecule has 2 heterocycles. The molecule has 2 amide bonds. The first-order valence-electron chi connectivity index (χ1n) is 9.76. The summed E-state index contributed by atoms with van der Waals surface area (Å²) in [6, 6.07) is 3.31. The molecule has 0 unspecified atom stereocenters. The fourth-order valence-electron chi connectivity index (χ4n) is 3.95. The molecule has 7 nitrogen and oxygen atoms in total. The van der Waals surface area contributed by atoms with Gasteiger partial charge in [-0.15, -0.1) is 0 Å². The number of primary amides is 1. The number of benzene rings is 1. The van der Waals surface area contributed by atoms with Crippen LogP contribution < -0.4 is 15.8 Å². The van der Waals surface area contributed by atoms with Gasteiger partial charge in [-0.25, -0.2) is 9.37 Å². The summed E-state index contributed by atoms with van der Waals surface area (Å²) < 4.78 is 93.7. The number of nitrogens with two attached hydrogens (primary N) is 1. The number of alkyl halides is 3. The number of halogens is 6. The molecule has 1 aliphatic rings. The lowest BCUT2D eigenvalue weighted by atomic mass is 9.77. The van der Waals surface area contributed by atoms with Crippen LogP contribution in [0.5, 0.6) is 5.75 Å². The fourth-order valence-corrected chi connectivity index (χ4v) is 3.95. The van der Waals surface area contributed by atoms with Crippen molar-refractivity contribution in [2.75, 3.05) is 12.4 Å². The minimum atomic E-state index is -4.95. The number of anilines is 1. The zero-order valence-corrected chi connectivity index (χ0v) is 18.0. The van der Waals surface area contributed by atoms with E-state index in [0.717, 1.165) is 33.1 Å². The Balaban J connectivity index is 2.09. The number of pyridine rings is 1. The first kappa shape index (κ1) is 25.3. The van der Waals surface area contributed by atoms with Crippen LogP contribution in [-0.4, -0.2) is 41.8 Å². The van der Waals surface area contributed by atoms with Crippen molar-refractivity contribution in [2.45, 2.75) is 37.6 Å². The van der Waals surface area contributed by atoms with Crippen molar-refractivity contribution in [3.63, 3.8) is 0 Å². The Labute approximate surface area is 189 Å². The summed E-state index contributed by atoms with van der Waals surface area (Å²) in [6.07, 6.45) is -6.85. The van der Waals surface area contributed by atoms with Crippen LogP contribution in [0.15, 0.2) is 24.3 Å². The number of nitrogens with one attached hydrogen (secondary N) is 1. The fraction of sp³-hybridized carbons (Fsp3) is 0.381. The molecule has 4 atom stereocenters. The van der Waals surface area contributed by atoms with Gasteiger partial charge in [-0.1, -0.05) is 13.0 Å². The van der Waals surface area contributed by atoms with E-state index in [0.29, 0.717) is 12.1 Å². The molecule has 1 saturated heterocycles. The topological polar surface area (TPSA) is 104 Å². The average molecular weight is 491 g/mol. The molecule has 13 heteroatoms. The SMILES string of the molecule is COc1c([C@@H]2[C@@H](C(=O)Nc3cc(F)nc(C(N)=O)c3)O[C@](C)(C(F)(F)F)[C@@H]2C)ccc(F)c1F. The lowest BCUT2D eigenvalue weighted by molar-refractivity contribution is -0.272. The number of nitrogens with zero attached hydrogens (tertiary/aromatic N) is 1. The Morgan fingerprint density at radius 3 is 2.41 bits per heavy atom. The van der Waals surface area contributed by atoms with E-state index >= 15 is 0 Å². The molecule has 0 spiro atoms. The molecule has 184 valence electrons. The number of methoxy groups -OCH3 is 1. The first-order valence-corrected chi connectivity index (χ1v) is 9.76. The minimum absolute atomic E-state index is 0.235. The van der Waals surface area contributed by atoms with E-state index in [9.17, 15) is 35.9 Å². The third-order valence-corrected chi connectivity index (χ3v) is 5.88. The highest BCUT2D eigenvalue weighted by Crippen LogP contribution is 2.55. The number of hydrogen-bond donors (Lipinski definition) is 2. The van der Waals surface area contributed by atoms with Gasteiger partial charge >= 0.3 is 6.18 Å². The van der Waals surface area contributed by atoms with Crippen LogP contribution in [0.3, 0.4) is 0 Å². The molecular formula is C21H19F6N3O4. The quantitative estimate of drug-likeness (QED) is 0.491. The van der Waals surface area contributed by atoms with Gasteiger partial charge in [-0.05, 0) is 19.1 Å². The Kier molecular flexibility index (Phi) is 6.53. The van der Waals surface area contributed by atoms with Crippen LogP contribution in [0, 0.1) is 23.5 Å². The largest absolute Gasteiger partial charge is 0.493 e. The number of hydrogen-bond acceptors (Lipinski definition) is 5. The molecule has 34 heavy (non-hydrogen) atoms. The van der Waals surface area contributed by atoms with Crippen LogP contribution in [-0.2, 0) is 9.53 Å². The van der Waals surface area contributed by atoms with E-state index in [4.69, 9.17) is 15.2 Å². The molecule has 0 aliphatic carbocycles. The highest BCUT2D eigenvalue weighted by atomic mass is 19.4. The number of ether oxygens (including phenoxy) is 2. The van der Waals surface area contributed by atoms with Crippen LogP contribution in [0.4, 0.5) is 32.0 Å². The number of carbonyl (C=O) groups excluding carboxylic acids is 2. The monoisotopic (exact) mass is 491 g/mol. The van der Waals surface area contributed by atoms with Gasteiger partial charge in [0.25, 0.3) is 11.8 Å². The summed E-state index contributed by atoms with van der Waals surface area (Å²) in [6.45, 7) is 1.87. The summed E-state index contributed by atoms with van der Waals surface area (Å²) in [4.78, 5) is 27.6. The first-order chi connectivity index (χ1) is 15.7. The summed E-state index contributed by atoms with van der Waals surface area (Å²) >= 11 is 0. The number of amides is 2. The van der Waals surface area contributed by atoms with Gasteiger partial charge in [0, 0.05) is 29.2 Å². The summed E-state index contributed by atoms with van der Waals surface area (Å²) in [7, 11) is 0.991. The zero-order valence-electron chi connectivity index (χ0n) is 18.0. The average Bonchev–Trinajstić information content (AvgIpc) is 3.01. The second-order valence-corrected chi connectivity index (χ2v) is 7.86. The lowest BCUT2D eigenvalue weighted by Gasteiger charge is -2.32. The van der Waals surface area contributed by atoms with Crippen molar-refractivity contribution < 1.29 is 45.4 Å².